The summed E-state index contributed by atoms with van der Waals surface area (Å²) in [5, 5.41) is 9.73. The van der Waals surface area contributed by atoms with Gasteiger partial charge in [-0.1, -0.05) is 0 Å². The molecule has 1 aliphatic heterocycles. The van der Waals surface area contributed by atoms with Crippen LogP contribution in [-0.2, 0) is 14.2 Å². The molecule has 4 heteroatoms. The summed E-state index contributed by atoms with van der Waals surface area (Å²) in [6, 6.07) is 0. The Labute approximate surface area is 78.8 Å². The molecule has 0 aromatic carbocycles. The predicted octanol–water partition coefficient (Wildman–Crippen LogP) is 0.185. The molecule has 0 spiro atoms. The van der Waals surface area contributed by atoms with E-state index in [1.165, 1.54) is 0 Å². The van der Waals surface area contributed by atoms with Crippen LogP contribution < -0.4 is 0 Å². The molecular formula is C9H18O4. The lowest BCUT2D eigenvalue weighted by Gasteiger charge is -2.41. The fraction of sp³-hybridized carbons (Fsp3) is 1.00. The van der Waals surface area contributed by atoms with Crippen molar-refractivity contribution in [3.8, 4) is 0 Å². The van der Waals surface area contributed by atoms with Crippen LogP contribution in [0.4, 0.5) is 0 Å². The minimum absolute atomic E-state index is 0.0478. The maximum atomic E-state index is 9.73. The van der Waals surface area contributed by atoms with Gasteiger partial charge in [0.05, 0.1) is 12.2 Å². The van der Waals surface area contributed by atoms with E-state index in [-0.39, 0.29) is 24.4 Å². The van der Waals surface area contributed by atoms with Crippen molar-refractivity contribution in [3.05, 3.63) is 0 Å². The lowest BCUT2D eigenvalue weighted by molar-refractivity contribution is -0.226. The maximum Gasteiger partial charge on any atom is 0.114 e. The van der Waals surface area contributed by atoms with Crippen LogP contribution in [0, 0.1) is 0 Å². The number of rotatable bonds is 2. The third kappa shape index (κ3) is 2.02. The molecule has 1 rings (SSSR count). The molecule has 1 aliphatic rings. The molecule has 0 bridgehead atoms. The van der Waals surface area contributed by atoms with Gasteiger partial charge in [0.25, 0.3) is 0 Å². The Kier molecular flexibility index (Phi) is 3.67. The average molecular weight is 190 g/mol. The fourth-order valence-corrected chi connectivity index (χ4v) is 1.82. The molecule has 13 heavy (non-hydrogen) atoms. The minimum atomic E-state index is -0.619. The summed E-state index contributed by atoms with van der Waals surface area (Å²) in [7, 11) is 3.17. The molecular weight excluding hydrogens is 172 g/mol. The van der Waals surface area contributed by atoms with Gasteiger partial charge in [-0.3, -0.25) is 0 Å². The molecule has 1 heterocycles. The smallest absolute Gasteiger partial charge is 0.114 e. The van der Waals surface area contributed by atoms with Crippen LogP contribution in [0.2, 0.25) is 0 Å². The molecule has 0 aliphatic carbocycles. The zero-order valence-corrected chi connectivity index (χ0v) is 8.56. The summed E-state index contributed by atoms with van der Waals surface area (Å²) in [5.74, 6) is 0. The van der Waals surface area contributed by atoms with Crippen LogP contribution in [0.1, 0.15) is 13.8 Å². The zero-order valence-electron chi connectivity index (χ0n) is 8.56. The Hall–Kier alpha value is -0.160. The summed E-state index contributed by atoms with van der Waals surface area (Å²) < 4.78 is 15.9. The molecule has 1 fully saturated rings. The highest BCUT2D eigenvalue weighted by atomic mass is 16.6. The van der Waals surface area contributed by atoms with Crippen molar-refractivity contribution >= 4 is 0 Å². The first-order chi connectivity index (χ1) is 6.11. The van der Waals surface area contributed by atoms with Gasteiger partial charge in [0.15, 0.2) is 0 Å². The van der Waals surface area contributed by atoms with Gasteiger partial charge >= 0.3 is 0 Å². The van der Waals surface area contributed by atoms with Gasteiger partial charge in [-0.05, 0) is 13.8 Å². The normalized spacial score (nSPS) is 46.4. The number of methoxy groups -OCH3 is 2. The Morgan fingerprint density at radius 3 is 2.00 bits per heavy atom. The topological polar surface area (TPSA) is 47.9 Å². The summed E-state index contributed by atoms with van der Waals surface area (Å²) in [4.78, 5) is 0. The van der Waals surface area contributed by atoms with Crippen molar-refractivity contribution in [2.75, 3.05) is 14.2 Å². The molecule has 5 atom stereocenters. The highest BCUT2D eigenvalue weighted by Crippen LogP contribution is 2.24. The summed E-state index contributed by atoms with van der Waals surface area (Å²) in [6.07, 6.45) is -1.37. The maximum absolute atomic E-state index is 9.73. The van der Waals surface area contributed by atoms with Crippen LogP contribution in [0.5, 0.6) is 0 Å². The second kappa shape index (κ2) is 4.37. The average Bonchev–Trinajstić information content (AvgIpc) is 2.10. The van der Waals surface area contributed by atoms with Gasteiger partial charge in [0, 0.05) is 14.2 Å². The lowest BCUT2D eigenvalue weighted by atomic mass is 9.96. The summed E-state index contributed by atoms with van der Waals surface area (Å²) in [6.45, 7) is 3.75. The Morgan fingerprint density at radius 1 is 1.00 bits per heavy atom. The van der Waals surface area contributed by atoms with Crippen LogP contribution in [0.25, 0.3) is 0 Å². The molecule has 4 nitrogen and oxygen atoms in total. The number of aliphatic hydroxyl groups excluding tert-OH is 1. The van der Waals surface area contributed by atoms with E-state index >= 15 is 0 Å². The fourth-order valence-electron chi connectivity index (χ4n) is 1.82. The van der Waals surface area contributed by atoms with Crippen molar-refractivity contribution < 1.29 is 19.3 Å². The predicted molar refractivity (Wildman–Crippen MR) is 47.6 cm³/mol. The van der Waals surface area contributed by atoms with Crippen molar-refractivity contribution in [3.63, 3.8) is 0 Å². The molecule has 0 amide bonds. The first kappa shape index (κ1) is 10.9. The van der Waals surface area contributed by atoms with E-state index in [4.69, 9.17) is 14.2 Å². The first-order valence-electron chi connectivity index (χ1n) is 4.51. The standard InChI is InChI=1S/C9H18O4/c1-5-7(10)9(12-4)8(11-3)6(2)13-5/h5-10H,1-4H3/t5-,6-,7-,8-,9-/m0/s1. The van der Waals surface area contributed by atoms with Gasteiger partial charge in [-0.15, -0.1) is 0 Å². The SMILES string of the molecule is CO[C@@H]1[C@@H](OC)[C@@H](O)[C@H](C)O[C@H]1C. The molecule has 1 N–H and O–H groups in total. The van der Waals surface area contributed by atoms with Gasteiger partial charge in [-0.25, -0.2) is 0 Å². The van der Waals surface area contributed by atoms with Crippen molar-refractivity contribution in [1.82, 2.24) is 0 Å². The van der Waals surface area contributed by atoms with E-state index in [9.17, 15) is 5.11 Å². The number of aliphatic hydroxyl groups is 1. The Morgan fingerprint density at radius 2 is 1.54 bits per heavy atom. The molecule has 78 valence electrons. The van der Waals surface area contributed by atoms with Gasteiger partial charge in [0.1, 0.15) is 18.3 Å². The van der Waals surface area contributed by atoms with E-state index in [1.807, 2.05) is 13.8 Å². The van der Waals surface area contributed by atoms with Crippen LogP contribution in [-0.4, -0.2) is 49.8 Å². The molecule has 0 radical (unpaired) electrons. The third-order valence-electron chi connectivity index (χ3n) is 2.58. The zero-order chi connectivity index (χ0) is 10.0. The molecule has 0 unspecified atom stereocenters. The Bertz CT molecular complexity index is 162. The van der Waals surface area contributed by atoms with Crippen molar-refractivity contribution in [2.24, 2.45) is 0 Å². The lowest BCUT2D eigenvalue weighted by Crippen LogP contribution is -2.57. The highest BCUT2D eigenvalue weighted by Gasteiger charge is 2.41. The third-order valence-corrected chi connectivity index (χ3v) is 2.58. The quantitative estimate of drug-likeness (QED) is 0.675. The number of ether oxygens (including phenoxy) is 3. The monoisotopic (exact) mass is 190 g/mol. The summed E-state index contributed by atoms with van der Waals surface area (Å²) in [5.41, 5.74) is 0. The van der Waals surface area contributed by atoms with E-state index in [0.29, 0.717) is 0 Å². The van der Waals surface area contributed by atoms with E-state index in [0.717, 1.165) is 0 Å². The second-order valence-corrected chi connectivity index (χ2v) is 3.44. The largest absolute Gasteiger partial charge is 0.388 e. The summed E-state index contributed by atoms with van der Waals surface area (Å²) >= 11 is 0. The van der Waals surface area contributed by atoms with Gasteiger partial charge in [0.2, 0.25) is 0 Å². The van der Waals surface area contributed by atoms with Crippen molar-refractivity contribution in [1.29, 1.82) is 0 Å². The van der Waals surface area contributed by atoms with Crippen molar-refractivity contribution in [2.45, 2.75) is 44.4 Å². The Balaban J connectivity index is 2.71. The van der Waals surface area contributed by atoms with Crippen LogP contribution in [0.15, 0.2) is 0 Å². The van der Waals surface area contributed by atoms with Gasteiger partial charge in [-0.2, -0.15) is 0 Å². The molecule has 1 saturated heterocycles. The molecule has 0 aromatic heterocycles. The van der Waals surface area contributed by atoms with Gasteiger partial charge < -0.3 is 19.3 Å². The highest BCUT2D eigenvalue weighted by molar-refractivity contribution is 4.90. The van der Waals surface area contributed by atoms with E-state index in [2.05, 4.69) is 0 Å². The first-order valence-corrected chi connectivity index (χ1v) is 4.51. The van der Waals surface area contributed by atoms with Crippen LogP contribution >= 0.6 is 0 Å². The van der Waals surface area contributed by atoms with Crippen LogP contribution in [0.3, 0.4) is 0 Å². The number of hydrogen-bond acceptors (Lipinski definition) is 4. The second-order valence-electron chi connectivity index (χ2n) is 3.44. The molecule has 0 saturated carbocycles. The molecule has 0 aromatic rings. The van der Waals surface area contributed by atoms with E-state index < -0.39 is 6.10 Å². The van der Waals surface area contributed by atoms with E-state index in [1.54, 1.807) is 14.2 Å². The number of hydrogen-bond donors (Lipinski definition) is 1. The minimum Gasteiger partial charge on any atom is -0.388 e.